The summed E-state index contributed by atoms with van der Waals surface area (Å²) in [6.45, 7) is 7.95. The standard InChI is InChI=1S/C31H41N5O2/c1-2-17-36-18-12-28(33-36)30(37)35-19-14-31(15-20-35)13-6-5-10-27-9-3-4-11-29(27)38-22-21-34(25-31)24-26-8-7-16-32-23-26/h3-4,7-9,11-12,16,18,23H,2,5-6,10,13-15,17,19-22,24-25H2,1H3. The molecule has 2 aliphatic heterocycles. The van der Waals surface area contributed by atoms with Gasteiger partial charge in [-0.05, 0) is 73.3 Å². The van der Waals surface area contributed by atoms with Crippen LogP contribution in [0.3, 0.4) is 0 Å². The van der Waals surface area contributed by atoms with Crippen LogP contribution in [0, 0.1) is 5.41 Å². The van der Waals surface area contributed by atoms with Gasteiger partial charge in [-0.1, -0.05) is 37.6 Å². The van der Waals surface area contributed by atoms with Crippen LogP contribution in [0.25, 0.3) is 0 Å². The average molecular weight is 516 g/mol. The van der Waals surface area contributed by atoms with Crippen molar-refractivity contribution in [1.82, 2.24) is 24.6 Å². The number of hydrogen-bond acceptors (Lipinski definition) is 5. The fourth-order valence-electron chi connectivity index (χ4n) is 6.05. The molecule has 1 fully saturated rings. The second-order valence-corrected chi connectivity index (χ2v) is 11.0. The first-order chi connectivity index (χ1) is 18.6. The zero-order valence-corrected chi connectivity index (χ0v) is 22.7. The number of carbonyl (C=O) groups excluding carboxylic acids is 1. The van der Waals surface area contributed by atoms with Crippen molar-refractivity contribution >= 4 is 5.91 Å². The van der Waals surface area contributed by atoms with Crippen molar-refractivity contribution in [1.29, 1.82) is 0 Å². The van der Waals surface area contributed by atoms with Crippen LogP contribution in [0.4, 0.5) is 0 Å². The van der Waals surface area contributed by atoms with Gasteiger partial charge in [0, 0.05) is 57.9 Å². The number of aromatic nitrogens is 3. The number of para-hydroxylation sites is 1. The molecule has 0 aliphatic carbocycles. The first-order valence-electron chi connectivity index (χ1n) is 14.3. The number of amides is 1. The van der Waals surface area contributed by atoms with E-state index in [0.717, 1.165) is 77.1 Å². The van der Waals surface area contributed by atoms with Crippen molar-refractivity contribution in [2.45, 2.75) is 65.0 Å². The molecule has 7 heteroatoms. The fourth-order valence-corrected chi connectivity index (χ4v) is 6.05. The van der Waals surface area contributed by atoms with Gasteiger partial charge in [-0.15, -0.1) is 0 Å². The monoisotopic (exact) mass is 515 g/mol. The number of aryl methyl sites for hydroxylation is 2. The zero-order valence-electron chi connectivity index (χ0n) is 22.7. The van der Waals surface area contributed by atoms with E-state index in [1.54, 1.807) is 0 Å². The molecule has 38 heavy (non-hydrogen) atoms. The third-order valence-corrected chi connectivity index (χ3v) is 8.15. The van der Waals surface area contributed by atoms with E-state index in [0.29, 0.717) is 12.3 Å². The number of hydrogen-bond donors (Lipinski definition) is 0. The summed E-state index contributed by atoms with van der Waals surface area (Å²) >= 11 is 0. The zero-order chi connectivity index (χ0) is 26.2. The summed E-state index contributed by atoms with van der Waals surface area (Å²) in [5, 5.41) is 4.52. The Hall–Kier alpha value is -3.19. The predicted molar refractivity (Wildman–Crippen MR) is 149 cm³/mol. The molecule has 0 unspecified atom stereocenters. The summed E-state index contributed by atoms with van der Waals surface area (Å²) in [6.07, 6.45) is 13.4. The van der Waals surface area contributed by atoms with Gasteiger partial charge in [0.25, 0.3) is 5.91 Å². The van der Waals surface area contributed by atoms with Crippen molar-refractivity contribution in [3.05, 3.63) is 77.9 Å². The molecule has 3 aromatic rings. The fraction of sp³-hybridized carbons (Fsp3) is 0.516. The molecule has 7 nitrogen and oxygen atoms in total. The predicted octanol–water partition coefficient (Wildman–Crippen LogP) is 5.22. The summed E-state index contributed by atoms with van der Waals surface area (Å²) in [5.41, 5.74) is 3.30. The number of benzene rings is 1. The molecule has 2 aromatic heterocycles. The Morgan fingerprint density at radius 2 is 1.89 bits per heavy atom. The lowest BCUT2D eigenvalue weighted by atomic mass is 9.73. The van der Waals surface area contributed by atoms with Gasteiger partial charge in [0.2, 0.25) is 0 Å². The van der Waals surface area contributed by atoms with E-state index in [1.807, 2.05) is 40.3 Å². The molecule has 0 bridgehead atoms. The molecular formula is C31H41N5O2. The van der Waals surface area contributed by atoms with Crippen LogP contribution in [0.2, 0.25) is 0 Å². The smallest absolute Gasteiger partial charge is 0.274 e. The number of likely N-dealkylation sites (tertiary alicyclic amines) is 1. The molecule has 1 amide bonds. The maximum absolute atomic E-state index is 13.2. The van der Waals surface area contributed by atoms with Crippen LogP contribution < -0.4 is 4.74 Å². The van der Waals surface area contributed by atoms with Crippen LogP contribution in [-0.2, 0) is 19.5 Å². The molecule has 2 aliphatic rings. The van der Waals surface area contributed by atoms with Crippen molar-refractivity contribution in [2.75, 3.05) is 32.8 Å². The SMILES string of the molecule is CCCn1ccc(C(=O)N2CCC3(CCCCc4ccccc4OCCN(Cc4cccnc4)C3)CC2)n1. The van der Waals surface area contributed by atoms with Gasteiger partial charge in [-0.3, -0.25) is 19.4 Å². The van der Waals surface area contributed by atoms with Gasteiger partial charge < -0.3 is 9.64 Å². The van der Waals surface area contributed by atoms with Crippen molar-refractivity contribution in [3.63, 3.8) is 0 Å². The first kappa shape index (κ1) is 26.4. The Balaban J connectivity index is 1.30. The molecule has 0 radical (unpaired) electrons. The highest BCUT2D eigenvalue weighted by molar-refractivity contribution is 5.92. The highest BCUT2D eigenvalue weighted by Crippen LogP contribution is 2.39. The van der Waals surface area contributed by atoms with Gasteiger partial charge in [0.05, 0.1) is 0 Å². The molecule has 1 spiro atoms. The van der Waals surface area contributed by atoms with E-state index in [4.69, 9.17) is 4.74 Å². The lowest BCUT2D eigenvalue weighted by Crippen LogP contribution is -2.48. The Morgan fingerprint density at radius 3 is 2.71 bits per heavy atom. The summed E-state index contributed by atoms with van der Waals surface area (Å²) in [4.78, 5) is 22.1. The molecular weight excluding hydrogens is 474 g/mol. The minimum Gasteiger partial charge on any atom is -0.492 e. The summed E-state index contributed by atoms with van der Waals surface area (Å²) in [7, 11) is 0. The number of pyridine rings is 1. The number of nitrogens with zero attached hydrogens (tertiary/aromatic N) is 5. The second-order valence-electron chi connectivity index (χ2n) is 11.0. The molecule has 1 saturated heterocycles. The van der Waals surface area contributed by atoms with E-state index in [1.165, 1.54) is 24.0 Å². The average Bonchev–Trinajstić information content (AvgIpc) is 3.41. The van der Waals surface area contributed by atoms with Crippen molar-refractivity contribution in [2.24, 2.45) is 5.41 Å². The van der Waals surface area contributed by atoms with Crippen LogP contribution in [-0.4, -0.2) is 63.3 Å². The van der Waals surface area contributed by atoms with Gasteiger partial charge in [0.1, 0.15) is 18.1 Å². The number of rotatable bonds is 5. The van der Waals surface area contributed by atoms with Gasteiger partial charge in [-0.25, -0.2) is 0 Å². The molecule has 0 atom stereocenters. The van der Waals surface area contributed by atoms with E-state index >= 15 is 0 Å². The number of piperidine rings is 1. The molecule has 5 rings (SSSR count). The van der Waals surface area contributed by atoms with Crippen molar-refractivity contribution < 1.29 is 9.53 Å². The Morgan fingerprint density at radius 1 is 1.03 bits per heavy atom. The normalized spacial score (nSPS) is 18.7. The highest BCUT2D eigenvalue weighted by atomic mass is 16.5. The minimum absolute atomic E-state index is 0.0695. The van der Waals surface area contributed by atoms with Gasteiger partial charge in [0.15, 0.2) is 0 Å². The lowest BCUT2D eigenvalue weighted by Gasteiger charge is -2.45. The van der Waals surface area contributed by atoms with E-state index in [2.05, 4.69) is 52.2 Å². The molecule has 4 heterocycles. The maximum Gasteiger partial charge on any atom is 0.274 e. The van der Waals surface area contributed by atoms with Gasteiger partial charge in [-0.2, -0.15) is 5.10 Å². The molecule has 0 saturated carbocycles. The molecule has 1 aromatic carbocycles. The largest absolute Gasteiger partial charge is 0.492 e. The van der Waals surface area contributed by atoms with Crippen LogP contribution >= 0.6 is 0 Å². The third kappa shape index (κ3) is 6.62. The quantitative estimate of drug-likeness (QED) is 0.466. The van der Waals surface area contributed by atoms with Gasteiger partial charge >= 0.3 is 0 Å². The molecule has 202 valence electrons. The number of fused-ring (bicyclic) bond motifs is 1. The topological polar surface area (TPSA) is 63.5 Å². The Labute approximate surface area is 226 Å². The van der Waals surface area contributed by atoms with E-state index in [9.17, 15) is 4.79 Å². The molecule has 0 N–H and O–H groups in total. The van der Waals surface area contributed by atoms with Crippen LogP contribution in [0.5, 0.6) is 5.75 Å². The minimum atomic E-state index is 0.0695. The van der Waals surface area contributed by atoms with Crippen molar-refractivity contribution in [3.8, 4) is 5.75 Å². The third-order valence-electron chi connectivity index (χ3n) is 8.15. The summed E-state index contributed by atoms with van der Waals surface area (Å²) in [5.74, 6) is 1.09. The second kappa shape index (κ2) is 12.6. The summed E-state index contributed by atoms with van der Waals surface area (Å²) in [6, 6.07) is 14.5. The highest BCUT2D eigenvalue weighted by Gasteiger charge is 2.37. The Kier molecular flexibility index (Phi) is 8.74. The first-order valence-corrected chi connectivity index (χ1v) is 14.3. The van der Waals surface area contributed by atoms with Crippen LogP contribution in [0.15, 0.2) is 61.1 Å². The maximum atomic E-state index is 13.2. The van der Waals surface area contributed by atoms with E-state index < -0.39 is 0 Å². The van der Waals surface area contributed by atoms with Crippen LogP contribution in [0.1, 0.15) is 67.1 Å². The Bertz CT molecular complexity index is 1170. The van der Waals surface area contributed by atoms with E-state index in [-0.39, 0.29) is 11.3 Å². The lowest BCUT2D eigenvalue weighted by molar-refractivity contribution is 0.0357. The summed E-state index contributed by atoms with van der Waals surface area (Å²) < 4.78 is 8.18. The number of carbonyl (C=O) groups is 1. The number of ether oxygens (including phenoxy) is 1.